The van der Waals surface area contributed by atoms with Gasteiger partial charge in [-0.3, -0.25) is 4.79 Å². The summed E-state index contributed by atoms with van der Waals surface area (Å²) in [5.41, 5.74) is 7.89. The van der Waals surface area contributed by atoms with Crippen molar-refractivity contribution in [2.45, 2.75) is 32.2 Å². The summed E-state index contributed by atoms with van der Waals surface area (Å²) in [6, 6.07) is 9.71. The van der Waals surface area contributed by atoms with E-state index in [-0.39, 0.29) is 5.91 Å². The molecule has 1 unspecified atom stereocenters. The highest BCUT2D eigenvalue weighted by molar-refractivity contribution is 7.13. The van der Waals surface area contributed by atoms with Crippen LogP contribution in [0.1, 0.15) is 25.5 Å². The van der Waals surface area contributed by atoms with Crippen LogP contribution in [0.4, 0.5) is 0 Å². The molecule has 0 saturated heterocycles. The summed E-state index contributed by atoms with van der Waals surface area (Å²) in [7, 11) is 0. The number of hydrogen-bond donors (Lipinski definition) is 2. The number of nitrogens with zero attached hydrogens (tertiary/aromatic N) is 1. The summed E-state index contributed by atoms with van der Waals surface area (Å²) in [4.78, 5) is 16.3. The number of nitrogens with one attached hydrogen (secondary N) is 1. The highest BCUT2D eigenvalue weighted by Crippen LogP contribution is 2.23. The molecule has 0 bridgehead atoms. The van der Waals surface area contributed by atoms with Gasteiger partial charge >= 0.3 is 0 Å². The summed E-state index contributed by atoms with van der Waals surface area (Å²) in [6.07, 6.45) is 2.37. The number of thiazole rings is 1. The molecule has 1 aromatic carbocycles. The third-order valence-electron chi connectivity index (χ3n) is 3.19. The number of nitrogens with two attached hydrogens (primary N) is 1. The smallest absolute Gasteiger partial charge is 0.236 e. The zero-order chi connectivity index (χ0) is 15.1. The van der Waals surface area contributed by atoms with Gasteiger partial charge in [0.1, 0.15) is 5.01 Å². The van der Waals surface area contributed by atoms with Gasteiger partial charge in [0, 0.05) is 23.9 Å². The lowest BCUT2D eigenvalue weighted by atomic mass is 10.1. The summed E-state index contributed by atoms with van der Waals surface area (Å²) in [5, 5.41) is 5.92. The first-order valence-electron chi connectivity index (χ1n) is 7.23. The molecular weight excluding hydrogens is 282 g/mol. The van der Waals surface area contributed by atoms with Crippen molar-refractivity contribution >= 4 is 17.2 Å². The molecule has 3 N–H and O–H groups in total. The van der Waals surface area contributed by atoms with Crippen molar-refractivity contribution in [3.8, 4) is 10.6 Å². The molecule has 1 atom stereocenters. The first-order valence-corrected chi connectivity index (χ1v) is 8.11. The van der Waals surface area contributed by atoms with Crippen molar-refractivity contribution in [3.63, 3.8) is 0 Å². The molecule has 0 spiro atoms. The van der Waals surface area contributed by atoms with Crippen LogP contribution in [0.25, 0.3) is 10.6 Å². The number of carbonyl (C=O) groups excluding carboxylic acids is 1. The fraction of sp³-hybridized carbons (Fsp3) is 0.375. The van der Waals surface area contributed by atoms with Crippen LogP contribution in [-0.2, 0) is 11.2 Å². The summed E-state index contributed by atoms with van der Waals surface area (Å²) >= 11 is 1.63. The molecule has 5 heteroatoms. The number of benzene rings is 1. The number of hydrogen-bond acceptors (Lipinski definition) is 4. The van der Waals surface area contributed by atoms with Crippen molar-refractivity contribution < 1.29 is 4.79 Å². The van der Waals surface area contributed by atoms with Crippen LogP contribution in [0, 0.1) is 0 Å². The second-order valence-corrected chi connectivity index (χ2v) is 5.80. The molecule has 0 aliphatic heterocycles. The van der Waals surface area contributed by atoms with Crippen molar-refractivity contribution in [3.05, 3.63) is 41.4 Å². The minimum atomic E-state index is -0.398. The number of aromatic nitrogens is 1. The highest BCUT2D eigenvalue weighted by atomic mass is 32.1. The van der Waals surface area contributed by atoms with E-state index in [0.717, 1.165) is 35.5 Å². The van der Waals surface area contributed by atoms with Crippen LogP contribution in [0.15, 0.2) is 35.7 Å². The average molecular weight is 303 g/mol. The fourth-order valence-electron chi connectivity index (χ4n) is 2.02. The number of carbonyl (C=O) groups is 1. The van der Waals surface area contributed by atoms with Gasteiger partial charge in [-0.25, -0.2) is 4.98 Å². The third kappa shape index (κ3) is 4.65. The van der Waals surface area contributed by atoms with Gasteiger partial charge in [0.15, 0.2) is 0 Å². The molecule has 2 rings (SSSR count). The minimum absolute atomic E-state index is 0.0737. The van der Waals surface area contributed by atoms with Gasteiger partial charge in [0.25, 0.3) is 0 Å². The van der Waals surface area contributed by atoms with Crippen LogP contribution in [-0.4, -0.2) is 23.5 Å². The normalized spacial score (nSPS) is 12.1. The molecule has 112 valence electrons. The van der Waals surface area contributed by atoms with Crippen molar-refractivity contribution in [1.29, 1.82) is 0 Å². The maximum Gasteiger partial charge on any atom is 0.236 e. The van der Waals surface area contributed by atoms with Gasteiger partial charge in [-0.15, -0.1) is 11.3 Å². The molecule has 1 aromatic heterocycles. The standard InChI is InChI=1S/C16H21N3OS/c1-2-6-14(17)15(20)18-10-9-13-11-21-16(19-13)12-7-4-3-5-8-12/h3-5,7-8,11,14H,2,6,9-10,17H2,1H3,(H,18,20). The van der Waals surface area contributed by atoms with E-state index in [1.54, 1.807) is 11.3 Å². The van der Waals surface area contributed by atoms with Gasteiger partial charge in [-0.05, 0) is 6.42 Å². The number of rotatable bonds is 7. The SMILES string of the molecule is CCCC(N)C(=O)NCCc1csc(-c2ccccc2)n1. The monoisotopic (exact) mass is 303 g/mol. The van der Waals surface area contributed by atoms with Crippen molar-refractivity contribution in [2.24, 2.45) is 5.73 Å². The predicted octanol–water partition coefficient (Wildman–Crippen LogP) is 2.60. The van der Waals surface area contributed by atoms with Gasteiger partial charge in [-0.1, -0.05) is 43.7 Å². The predicted molar refractivity (Wildman–Crippen MR) is 87.1 cm³/mol. The summed E-state index contributed by atoms with van der Waals surface area (Å²) < 4.78 is 0. The number of amides is 1. The van der Waals surface area contributed by atoms with Crippen LogP contribution >= 0.6 is 11.3 Å². The zero-order valence-electron chi connectivity index (χ0n) is 12.2. The van der Waals surface area contributed by atoms with E-state index < -0.39 is 6.04 Å². The minimum Gasteiger partial charge on any atom is -0.354 e. The van der Waals surface area contributed by atoms with Gasteiger partial charge in [0.05, 0.1) is 11.7 Å². The lowest BCUT2D eigenvalue weighted by Crippen LogP contribution is -2.41. The lowest BCUT2D eigenvalue weighted by molar-refractivity contribution is -0.122. The van der Waals surface area contributed by atoms with E-state index in [4.69, 9.17) is 5.73 Å². The highest BCUT2D eigenvalue weighted by Gasteiger charge is 2.11. The quantitative estimate of drug-likeness (QED) is 0.826. The Hall–Kier alpha value is -1.72. The van der Waals surface area contributed by atoms with Gasteiger partial charge < -0.3 is 11.1 Å². The maximum atomic E-state index is 11.7. The Morgan fingerprint density at radius 1 is 1.38 bits per heavy atom. The zero-order valence-corrected chi connectivity index (χ0v) is 13.0. The van der Waals surface area contributed by atoms with Crippen LogP contribution in [0.3, 0.4) is 0 Å². The molecule has 0 aliphatic rings. The second kappa shape index (κ2) is 7.90. The molecule has 4 nitrogen and oxygen atoms in total. The molecule has 0 fully saturated rings. The van der Waals surface area contributed by atoms with Crippen LogP contribution in [0.2, 0.25) is 0 Å². The topological polar surface area (TPSA) is 68.0 Å². The van der Waals surface area contributed by atoms with E-state index in [1.165, 1.54) is 0 Å². The first kappa shape index (κ1) is 15.7. The van der Waals surface area contributed by atoms with Crippen LogP contribution in [0.5, 0.6) is 0 Å². The van der Waals surface area contributed by atoms with Gasteiger partial charge in [-0.2, -0.15) is 0 Å². The Bertz CT molecular complexity index is 568. The molecule has 2 aromatic rings. The molecular formula is C16H21N3OS. The second-order valence-electron chi connectivity index (χ2n) is 4.95. The Kier molecular flexibility index (Phi) is 5.90. The Morgan fingerprint density at radius 3 is 2.86 bits per heavy atom. The molecule has 0 saturated carbocycles. The summed E-state index contributed by atoms with van der Waals surface area (Å²) in [6.45, 7) is 2.60. The molecule has 0 aliphatic carbocycles. The molecule has 1 amide bonds. The third-order valence-corrected chi connectivity index (χ3v) is 4.13. The van der Waals surface area contributed by atoms with E-state index in [1.807, 2.05) is 42.6 Å². The van der Waals surface area contributed by atoms with E-state index in [0.29, 0.717) is 6.54 Å². The van der Waals surface area contributed by atoms with Crippen molar-refractivity contribution in [1.82, 2.24) is 10.3 Å². The Balaban J connectivity index is 1.82. The molecule has 0 radical (unpaired) electrons. The first-order chi connectivity index (χ1) is 10.2. The molecule has 1 heterocycles. The van der Waals surface area contributed by atoms with E-state index >= 15 is 0 Å². The summed E-state index contributed by atoms with van der Waals surface area (Å²) in [5.74, 6) is -0.0737. The average Bonchev–Trinajstić information content (AvgIpc) is 2.97. The molecule has 21 heavy (non-hydrogen) atoms. The van der Waals surface area contributed by atoms with Crippen LogP contribution < -0.4 is 11.1 Å². The van der Waals surface area contributed by atoms with Gasteiger partial charge in [0.2, 0.25) is 5.91 Å². The van der Waals surface area contributed by atoms with E-state index in [2.05, 4.69) is 10.3 Å². The van der Waals surface area contributed by atoms with Crippen molar-refractivity contribution in [2.75, 3.05) is 6.54 Å². The Morgan fingerprint density at radius 2 is 2.14 bits per heavy atom. The Labute approximate surface area is 129 Å². The maximum absolute atomic E-state index is 11.7. The largest absolute Gasteiger partial charge is 0.354 e. The fourth-order valence-corrected chi connectivity index (χ4v) is 2.88. The van der Waals surface area contributed by atoms with E-state index in [9.17, 15) is 4.79 Å². The lowest BCUT2D eigenvalue weighted by Gasteiger charge is -2.10.